The topological polar surface area (TPSA) is 86.7 Å². The van der Waals surface area contributed by atoms with Crippen LogP contribution in [-0.4, -0.2) is 43.3 Å². The first-order valence-electron chi connectivity index (χ1n) is 12.4. The smallest absolute Gasteiger partial charge is 0.271 e. The van der Waals surface area contributed by atoms with Crippen LogP contribution >= 0.6 is 0 Å². The molecular formula is C30H36N2O4S. The van der Waals surface area contributed by atoms with Crippen LogP contribution in [0.5, 0.6) is 0 Å². The Bertz CT molecular complexity index is 1370. The van der Waals surface area contributed by atoms with Gasteiger partial charge in [0.15, 0.2) is 4.86 Å². The Balaban J connectivity index is 2.12. The summed E-state index contributed by atoms with van der Waals surface area (Å²) in [4.78, 5) is 15.2. The predicted octanol–water partition coefficient (Wildman–Crippen LogP) is 5.19. The van der Waals surface area contributed by atoms with Crippen LogP contribution in [0.1, 0.15) is 67.3 Å². The Labute approximate surface area is 221 Å². The molecule has 0 spiro atoms. The molecule has 0 aliphatic carbocycles. The quantitative estimate of drug-likeness (QED) is 0.299. The van der Waals surface area contributed by atoms with E-state index in [2.05, 4.69) is 5.32 Å². The Kier molecular flexibility index (Phi) is 9.43. The molecule has 1 amide bonds. The van der Waals surface area contributed by atoms with Crippen molar-refractivity contribution in [2.45, 2.75) is 52.7 Å². The Morgan fingerprint density at radius 3 is 1.95 bits per heavy atom. The fraction of sp³-hybridized carbons (Fsp3) is 0.333. The summed E-state index contributed by atoms with van der Waals surface area (Å²) in [5, 5.41) is 12.4. The minimum absolute atomic E-state index is 0.0369. The number of anilines is 1. The lowest BCUT2D eigenvalue weighted by atomic mass is 9.83. The number of hydrogen-bond donors (Lipinski definition) is 2. The van der Waals surface area contributed by atoms with Crippen molar-refractivity contribution in [3.8, 4) is 11.1 Å². The van der Waals surface area contributed by atoms with E-state index in [1.54, 1.807) is 12.1 Å². The fourth-order valence-electron chi connectivity index (χ4n) is 4.40. The van der Waals surface area contributed by atoms with Crippen LogP contribution < -0.4 is 5.32 Å². The van der Waals surface area contributed by atoms with Gasteiger partial charge >= 0.3 is 0 Å². The maximum Gasteiger partial charge on any atom is 0.271 e. The first-order valence-corrected chi connectivity index (χ1v) is 13.5. The van der Waals surface area contributed by atoms with Gasteiger partial charge in [0.05, 0.1) is 6.61 Å². The average Bonchev–Trinajstić information content (AvgIpc) is 2.84. The van der Waals surface area contributed by atoms with Crippen LogP contribution in [0.2, 0.25) is 0 Å². The molecule has 0 aromatic heterocycles. The lowest BCUT2D eigenvalue weighted by Gasteiger charge is -2.22. The van der Waals surface area contributed by atoms with Gasteiger partial charge in [-0.3, -0.25) is 4.79 Å². The highest BCUT2D eigenvalue weighted by Gasteiger charge is 2.26. The maximum absolute atomic E-state index is 13.4. The van der Waals surface area contributed by atoms with Gasteiger partial charge in [-0.15, -0.1) is 0 Å². The second kappa shape index (κ2) is 12.3. The van der Waals surface area contributed by atoms with Crippen LogP contribution in [0, 0.1) is 0 Å². The summed E-state index contributed by atoms with van der Waals surface area (Å²) in [5.41, 5.74) is 6.28. The fourth-order valence-corrected chi connectivity index (χ4v) is 5.00. The SMILES string of the molecule is CC(C)c1cc(-c2cccc(CO)c2)cc(C(C)C)c1C(C(=O)Nc1ccc(CN(C)C)cc1)=S(=O)=O. The molecule has 0 radical (unpaired) electrons. The minimum Gasteiger partial charge on any atom is -0.392 e. The molecule has 0 heterocycles. The highest BCUT2D eigenvalue weighted by atomic mass is 32.2. The summed E-state index contributed by atoms with van der Waals surface area (Å²) >= 11 is 0. The van der Waals surface area contributed by atoms with Crippen molar-refractivity contribution >= 4 is 26.8 Å². The molecule has 0 aliphatic rings. The van der Waals surface area contributed by atoms with Crippen molar-refractivity contribution in [1.82, 2.24) is 4.90 Å². The number of nitrogens with zero attached hydrogens (tertiary/aromatic N) is 1. The zero-order valence-corrected chi connectivity index (χ0v) is 23.2. The molecule has 196 valence electrons. The third-order valence-electron chi connectivity index (χ3n) is 6.20. The monoisotopic (exact) mass is 520 g/mol. The van der Waals surface area contributed by atoms with Gasteiger partial charge in [0, 0.05) is 17.8 Å². The third kappa shape index (κ3) is 6.95. The van der Waals surface area contributed by atoms with Gasteiger partial charge in [-0.1, -0.05) is 70.2 Å². The van der Waals surface area contributed by atoms with E-state index in [4.69, 9.17) is 0 Å². The Morgan fingerprint density at radius 2 is 1.46 bits per heavy atom. The van der Waals surface area contributed by atoms with Gasteiger partial charge in [0.1, 0.15) is 0 Å². The summed E-state index contributed by atoms with van der Waals surface area (Å²) in [6.07, 6.45) is 0. The van der Waals surface area contributed by atoms with Crippen molar-refractivity contribution in [3.05, 3.63) is 88.5 Å². The van der Waals surface area contributed by atoms with Crippen molar-refractivity contribution in [2.75, 3.05) is 19.4 Å². The number of aliphatic hydroxyl groups excluding tert-OH is 1. The molecule has 3 aromatic carbocycles. The summed E-state index contributed by atoms with van der Waals surface area (Å²) in [7, 11) is 1.19. The minimum atomic E-state index is -2.77. The standard InChI is InChI=1S/C30H36N2O4S/c1-19(2)26-15-24(23-9-7-8-22(14-23)18-33)16-27(20(3)4)28(26)29(37(35)36)30(34)31-25-12-10-21(11-13-25)17-32(5)6/h7-16,19-20,33H,17-18H2,1-6H3,(H,31,34). The van der Waals surface area contributed by atoms with E-state index < -0.39 is 16.2 Å². The first kappa shape index (κ1) is 28.3. The summed E-state index contributed by atoms with van der Waals surface area (Å²) in [6, 6.07) is 18.9. The molecule has 0 fully saturated rings. The molecule has 0 atom stereocenters. The molecule has 2 N–H and O–H groups in total. The van der Waals surface area contributed by atoms with Gasteiger partial charge < -0.3 is 15.3 Å². The van der Waals surface area contributed by atoms with E-state index in [0.29, 0.717) is 11.3 Å². The van der Waals surface area contributed by atoms with E-state index >= 15 is 0 Å². The van der Waals surface area contributed by atoms with Crippen molar-refractivity contribution in [2.24, 2.45) is 0 Å². The number of amides is 1. The second-order valence-corrected chi connectivity index (χ2v) is 11.0. The molecule has 3 rings (SSSR count). The van der Waals surface area contributed by atoms with Gasteiger partial charge in [-0.2, -0.15) is 8.42 Å². The predicted molar refractivity (Wildman–Crippen MR) is 151 cm³/mol. The molecule has 0 saturated carbocycles. The molecule has 0 aliphatic heterocycles. The number of aliphatic hydroxyl groups is 1. The molecule has 6 nitrogen and oxygen atoms in total. The number of nitrogens with one attached hydrogen (secondary N) is 1. The van der Waals surface area contributed by atoms with Crippen molar-refractivity contribution in [3.63, 3.8) is 0 Å². The summed E-state index contributed by atoms with van der Waals surface area (Å²) in [5.74, 6) is -0.734. The molecule has 37 heavy (non-hydrogen) atoms. The highest BCUT2D eigenvalue weighted by Crippen LogP contribution is 2.34. The van der Waals surface area contributed by atoms with E-state index in [1.165, 1.54) is 0 Å². The Morgan fingerprint density at radius 1 is 0.865 bits per heavy atom. The second-order valence-electron chi connectivity index (χ2n) is 10.2. The first-order chi connectivity index (χ1) is 17.5. The highest BCUT2D eigenvalue weighted by molar-refractivity contribution is 7.75. The van der Waals surface area contributed by atoms with Crippen molar-refractivity contribution in [1.29, 1.82) is 0 Å². The van der Waals surface area contributed by atoms with Crippen LogP contribution in [0.25, 0.3) is 11.1 Å². The van der Waals surface area contributed by atoms with Gasteiger partial charge in [-0.25, -0.2) is 0 Å². The normalized spacial score (nSPS) is 11.3. The zero-order valence-electron chi connectivity index (χ0n) is 22.4. The number of carbonyl (C=O) groups excluding carboxylic acids is 1. The number of hydrogen-bond acceptors (Lipinski definition) is 5. The van der Waals surface area contributed by atoms with Crippen LogP contribution in [0.15, 0.2) is 60.7 Å². The van der Waals surface area contributed by atoms with Gasteiger partial charge in [0.2, 0.25) is 10.3 Å². The molecule has 0 saturated heterocycles. The summed E-state index contributed by atoms with van der Waals surface area (Å²) < 4.78 is 25.1. The van der Waals surface area contributed by atoms with Crippen LogP contribution in [0.3, 0.4) is 0 Å². The van der Waals surface area contributed by atoms with E-state index in [-0.39, 0.29) is 23.3 Å². The van der Waals surface area contributed by atoms with Crippen molar-refractivity contribution < 1.29 is 18.3 Å². The van der Waals surface area contributed by atoms with E-state index in [0.717, 1.165) is 39.9 Å². The lowest BCUT2D eigenvalue weighted by molar-refractivity contribution is -0.110. The molecule has 0 bridgehead atoms. The van der Waals surface area contributed by atoms with E-state index in [9.17, 15) is 18.3 Å². The average molecular weight is 521 g/mol. The number of carbonyl (C=O) groups is 1. The largest absolute Gasteiger partial charge is 0.392 e. The van der Waals surface area contributed by atoms with Gasteiger partial charge in [0.25, 0.3) is 5.91 Å². The third-order valence-corrected chi connectivity index (χ3v) is 6.92. The molecule has 7 heteroatoms. The van der Waals surface area contributed by atoms with Crippen LogP contribution in [0.4, 0.5) is 5.69 Å². The number of benzene rings is 3. The number of rotatable bonds is 9. The lowest BCUT2D eigenvalue weighted by Crippen LogP contribution is -2.27. The molecular weight excluding hydrogens is 484 g/mol. The zero-order chi connectivity index (χ0) is 27.3. The molecule has 0 unspecified atom stereocenters. The maximum atomic E-state index is 13.4. The summed E-state index contributed by atoms with van der Waals surface area (Å²) in [6.45, 7) is 8.66. The Hall–Kier alpha value is -3.26. The molecule has 3 aromatic rings. The van der Waals surface area contributed by atoms with E-state index in [1.807, 2.05) is 95.2 Å². The van der Waals surface area contributed by atoms with Gasteiger partial charge in [-0.05, 0) is 77.5 Å². The van der Waals surface area contributed by atoms with Crippen LogP contribution in [-0.2, 0) is 28.2 Å².